The van der Waals surface area contributed by atoms with Crippen LogP contribution in [0.1, 0.15) is 111 Å². The maximum atomic E-state index is 13.0. The van der Waals surface area contributed by atoms with Crippen molar-refractivity contribution in [2.45, 2.75) is 134 Å². The summed E-state index contributed by atoms with van der Waals surface area (Å²) < 4.78 is 80.8. The maximum Gasteiger partial charge on any atom is 0.293 e. The number of fused-ring (bicyclic) bond motifs is 2. The summed E-state index contributed by atoms with van der Waals surface area (Å²) in [5.74, 6) is 0.642. The van der Waals surface area contributed by atoms with E-state index in [1.165, 1.54) is 164 Å². The quantitative estimate of drug-likeness (QED) is 0.0262. The van der Waals surface area contributed by atoms with Gasteiger partial charge in [0.05, 0.1) is 32.3 Å². The summed E-state index contributed by atoms with van der Waals surface area (Å²) in [6.07, 6.45) is 13.0. The van der Waals surface area contributed by atoms with Crippen LogP contribution in [-0.2, 0) is 43.4 Å². The number of carbonyl (C=O) groups is 2. The highest BCUT2D eigenvalue weighted by molar-refractivity contribution is 9.10. The van der Waals surface area contributed by atoms with Gasteiger partial charge in [-0.05, 0) is 338 Å². The van der Waals surface area contributed by atoms with E-state index in [1.54, 1.807) is 88.6 Å². The molecular weight excluding hydrogens is 1780 g/mol. The molecule has 7 N–H and O–H groups in total. The van der Waals surface area contributed by atoms with E-state index in [1.807, 2.05) is 33.0 Å². The molecule has 7 heterocycles. The summed E-state index contributed by atoms with van der Waals surface area (Å²) in [5, 5.41) is 25.8. The Labute approximate surface area is 751 Å². The number of anilines is 3. The molecule has 0 unspecified atom stereocenters. The fourth-order valence-corrected chi connectivity index (χ4v) is 18.1. The van der Waals surface area contributed by atoms with E-state index in [9.17, 15) is 34.8 Å². The largest absolute Gasteiger partial charge is 0.468 e. The first-order valence-electron chi connectivity index (χ1n) is 41.6. The van der Waals surface area contributed by atoms with Crippen LogP contribution in [0.25, 0.3) is 44.3 Å². The van der Waals surface area contributed by atoms with Crippen LogP contribution in [0.15, 0.2) is 157 Å². The molecule has 0 bridgehead atoms. The molecule has 0 atom stereocenters. The van der Waals surface area contributed by atoms with E-state index in [-0.39, 0.29) is 34.1 Å². The molecular formula is C88H126Br2Cl2N18O9S3. The fourth-order valence-electron chi connectivity index (χ4n) is 14.5. The molecule has 27 nitrogen and oxygen atoms in total. The van der Waals surface area contributed by atoms with Gasteiger partial charge in [-0.1, -0.05) is 68.3 Å². The van der Waals surface area contributed by atoms with E-state index < -0.39 is 29.1 Å². The normalized spacial score (nSPS) is 15.0. The summed E-state index contributed by atoms with van der Waals surface area (Å²) in [4.78, 5) is 41.3. The predicted octanol–water partition coefficient (Wildman–Crippen LogP) is 14.0. The van der Waals surface area contributed by atoms with Crippen molar-refractivity contribution in [3.05, 3.63) is 176 Å². The molecule has 1 amide bonds. The third-order valence-corrected chi connectivity index (χ3v) is 27.3. The smallest absolute Gasteiger partial charge is 0.293 e. The molecule has 5 aliphatic heterocycles. The third-order valence-electron chi connectivity index (χ3n) is 21.1. The Morgan fingerprint density at radius 3 is 1.23 bits per heavy atom. The maximum absolute atomic E-state index is 13.0. The molecule has 5 fully saturated rings. The first-order chi connectivity index (χ1) is 57.8. The second-order valence-corrected chi connectivity index (χ2v) is 39.0. The third kappa shape index (κ3) is 34.2. The van der Waals surface area contributed by atoms with E-state index in [0.717, 1.165) is 125 Å². The van der Waals surface area contributed by atoms with Crippen LogP contribution in [0.2, 0.25) is 0 Å². The highest BCUT2D eigenvalue weighted by atomic mass is 79.9. The average molecular weight is 1910 g/mol. The molecule has 5 saturated heterocycles. The van der Waals surface area contributed by atoms with Crippen LogP contribution in [0.3, 0.4) is 0 Å². The molecule has 0 radical (unpaired) electrons. The summed E-state index contributed by atoms with van der Waals surface area (Å²) >= 11 is 6.48. The van der Waals surface area contributed by atoms with Gasteiger partial charge in [0.1, 0.15) is 11.0 Å². The SMILES string of the molecule is CC(=O)NCCN1CCCC1.CCOC=O.CN(CCN1CCCC1)S(=O)(=O)c1ccc(Br)cc1.CNCCN1CCCC1.Cc1cccc(C)c1-c1cc(C)c2nc(N)nnc2c1.Cc1cccc(C)c1-c1cc(C)c2nc(Nc3ccc(S(=O)(=O)N(C)CCN4CCCC4)cc3)nnc2c1.Cl.NCCN1CCCC1.O=S(=O)(Cl)c1ccc(Br)cc1. The number of amides is 1. The monoisotopic (exact) mass is 1900 g/mol. The van der Waals surface area contributed by atoms with Gasteiger partial charge in [0.2, 0.25) is 37.9 Å². The van der Waals surface area contributed by atoms with Crippen LogP contribution in [0.5, 0.6) is 0 Å². The van der Waals surface area contributed by atoms with Crippen LogP contribution >= 0.6 is 54.9 Å². The lowest BCUT2D eigenvalue weighted by Gasteiger charge is -2.21. The minimum absolute atomic E-state index is 0. The van der Waals surface area contributed by atoms with Gasteiger partial charge in [-0.15, -0.1) is 32.8 Å². The molecule has 34 heteroatoms. The Morgan fingerprint density at radius 2 is 0.869 bits per heavy atom. The average Bonchev–Trinajstić information content (AvgIpc) is 0.828. The molecule has 0 saturated carbocycles. The number of halogens is 4. The number of ether oxygens (including phenoxy) is 1. The van der Waals surface area contributed by atoms with E-state index >= 15 is 0 Å². The molecule has 668 valence electrons. The number of likely N-dealkylation sites (tertiary alicyclic amines) is 5. The van der Waals surface area contributed by atoms with Crippen molar-refractivity contribution in [3.63, 3.8) is 0 Å². The number of rotatable bonds is 25. The predicted molar refractivity (Wildman–Crippen MR) is 504 cm³/mol. The second kappa shape index (κ2) is 53.2. The van der Waals surface area contributed by atoms with Gasteiger partial charge in [0, 0.05) is 112 Å². The van der Waals surface area contributed by atoms with Crippen LogP contribution in [-0.4, -0.2) is 260 Å². The van der Waals surface area contributed by atoms with Gasteiger partial charge in [0.25, 0.3) is 15.5 Å². The number of nitrogen functional groups attached to an aromatic ring is 1. The molecule has 9 aromatic rings. The number of aromatic nitrogens is 6. The number of nitrogens with zero attached hydrogens (tertiary/aromatic N) is 13. The first-order valence-corrected chi connectivity index (χ1v) is 48.3. The van der Waals surface area contributed by atoms with Crippen molar-refractivity contribution in [1.82, 2.24) is 74.1 Å². The summed E-state index contributed by atoms with van der Waals surface area (Å²) in [5.41, 5.74) is 26.4. The van der Waals surface area contributed by atoms with Gasteiger partial charge < -0.3 is 56.7 Å². The Kier molecular flexibility index (Phi) is 45.1. The minimum Gasteiger partial charge on any atom is -0.468 e. The zero-order valence-corrected chi connectivity index (χ0v) is 79.8. The molecule has 122 heavy (non-hydrogen) atoms. The van der Waals surface area contributed by atoms with Crippen LogP contribution in [0, 0.1) is 41.5 Å². The minimum atomic E-state index is -3.57. The molecule has 14 rings (SSSR count). The lowest BCUT2D eigenvalue weighted by Crippen LogP contribution is -2.35. The molecule has 2 aromatic heterocycles. The van der Waals surface area contributed by atoms with Crippen molar-refractivity contribution >= 4 is 136 Å². The van der Waals surface area contributed by atoms with Gasteiger partial charge >= 0.3 is 0 Å². The Bertz CT molecular complexity index is 5010. The number of hydrogen-bond donors (Lipinski definition) is 5. The number of hydrogen-bond acceptors (Lipinski definition) is 24. The number of carbonyl (C=O) groups excluding carboxylic acids is 2. The van der Waals surface area contributed by atoms with Crippen molar-refractivity contribution in [2.75, 3.05) is 170 Å². The van der Waals surface area contributed by atoms with Gasteiger partial charge in [0.15, 0.2) is 0 Å². The van der Waals surface area contributed by atoms with Gasteiger partial charge in [-0.25, -0.2) is 35.2 Å². The van der Waals surface area contributed by atoms with E-state index in [4.69, 9.17) is 27.1 Å². The zero-order valence-electron chi connectivity index (χ0n) is 72.6. The van der Waals surface area contributed by atoms with Crippen LogP contribution in [0.4, 0.5) is 17.6 Å². The number of likely N-dealkylation sites (N-methyl/N-ethyl adjacent to an activating group) is 3. The van der Waals surface area contributed by atoms with Gasteiger partial charge in [-0.2, -0.15) is 8.61 Å². The zero-order chi connectivity index (χ0) is 88.1. The summed E-state index contributed by atoms with van der Waals surface area (Å²) in [6.45, 7) is 37.3. The first kappa shape index (κ1) is 103. The van der Waals surface area contributed by atoms with Gasteiger partial charge in [-0.3, -0.25) is 9.59 Å². The number of nitrogens with one attached hydrogen (secondary N) is 3. The Morgan fingerprint density at radius 1 is 0.508 bits per heavy atom. The van der Waals surface area contributed by atoms with Crippen molar-refractivity contribution in [1.29, 1.82) is 0 Å². The fraction of sp³-hybridized carbons (Fsp3) is 0.477. The van der Waals surface area contributed by atoms with Crippen molar-refractivity contribution < 1.29 is 39.6 Å². The topological polar surface area (TPSA) is 334 Å². The Balaban J connectivity index is 0.000000234. The molecule has 7 aromatic carbocycles. The highest BCUT2D eigenvalue weighted by Gasteiger charge is 2.25. The number of benzene rings is 7. The second-order valence-electron chi connectivity index (χ2n) is 30.5. The molecule has 5 aliphatic rings. The summed E-state index contributed by atoms with van der Waals surface area (Å²) in [7, 11) is -0.119. The molecule has 0 spiro atoms. The highest BCUT2D eigenvalue weighted by Crippen LogP contribution is 2.34. The number of aryl methyl sites for hydroxylation is 6. The van der Waals surface area contributed by atoms with E-state index in [0.29, 0.717) is 42.7 Å². The van der Waals surface area contributed by atoms with E-state index in [2.05, 4.69) is 179 Å². The van der Waals surface area contributed by atoms with Crippen molar-refractivity contribution in [2.24, 2.45) is 5.73 Å². The molecule has 0 aliphatic carbocycles. The lowest BCUT2D eigenvalue weighted by molar-refractivity contribution is -0.128. The lowest BCUT2D eigenvalue weighted by atomic mass is 9.94. The van der Waals surface area contributed by atoms with Crippen LogP contribution < -0.4 is 27.4 Å². The Hall–Kier alpha value is -7.35. The number of sulfonamides is 2. The number of nitrogens with two attached hydrogens (primary N) is 2. The van der Waals surface area contributed by atoms with Crippen molar-refractivity contribution in [3.8, 4) is 22.3 Å². The summed E-state index contributed by atoms with van der Waals surface area (Å²) in [6, 6.07) is 40.5. The standard InChI is InChI=1S/C29H34N6O2S.C16H16N4.C13H19BrN2O2S.C8H16N2O.C7H16N2.C6H4BrClO2S.C6H14N2.C3H6O2.ClH/c1-20-8-7-9-21(2)27(20)23-18-22(3)28-26(19-23)32-33-29(31-28)30-24-10-12-25(13-11-24)38(36,37)34(4)16-17-35-14-5-6-15-35;1-9-5-4-6-10(2)14(9)12-7-11(3)15-13(8-12)19-20-16(17)18-15;1-15(10-11-16-8-2-3-9-16)19(17,18)13-6-4-12(14)5-7-13;1-8(11)9-4-7-10-5-2-3-6-10;1-8-4-7-9-5-2-3-6-9;7-5-1-3-6(4-2-5)11(8,9)10;7-3-6-8-4-1-2-5-8;1-2-5-3-4;/h7-13,18-19H,5-6,14-17H2,1-4H3,(H,30,31,33);4-8H,1-3H3,(H2,17,18,20);4-7H,2-3,8-11H2,1H3;2-7H2,1H3,(H,9,11);8H,2-7H2,1H3;1-4H;1-7H2;3H,2H2,1H3;1H.